The molecule has 0 aliphatic heterocycles. The summed E-state index contributed by atoms with van der Waals surface area (Å²) < 4.78 is 0. The van der Waals surface area contributed by atoms with Gasteiger partial charge in [0.15, 0.2) is 0 Å². The van der Waals surface area contributed by atoms with Crippen molar-refractivity contribution in [3.63, 3.8) is 0 Å². The van der Waals surface area contributed by atoms with E-state index in [0.29, 0.717) is 13.2 Å². The molecule has 3 N–H and O–H groups in total. The lowest BCUT2D eigenvalue weighted by atomic mass is 9.75. The quantitative estimate of drug-likeness (QED) is 0.717. The normalized spacial score (nSPS) is 25.8. The molecule has 0 radical (unpaired) electrons. The molecule has 2 aliphatic carbocycles. The van der Waals surface area contributed by atoms with Gasteiger partial charge < -0.3 is 10.8 Å². The van der Waals surface area contributed by atoms with Crippen LogP contribution in [-0.2, 0) is 0 Å². The average Bonchev–Trinajstić information content (AvgIpc) is 3.20. The first-order valence-electron chi connectivity index (χ1n) is 7.59. The Morgan fingerprint density at radius 2 is 1.71 bits per heavy atom. The summed E-state index contributed by atoms with van der Waals surface area (Å²) in [6, 6.07) is 0. The lowest BCUT2D eigenvalue weighted by Gasteiger charge is -2.33. The second-order valence-electron chi connectivity index (χ2n) is 6.55. The van der Waals surface area contributed by atoms with Crippen LogP contribution in [0.5, 0.6) is 0 Å². The Morgan fingerprint density at radius 1 is 1.00 bits per heavy atom. The molecule has 0 aromatic heterocycles. The lowest BCUT2D eigenvalue weighted by molar-refractivity contribution is 0.0954. The number of nitrogens with two attached hydrogens (primary N) is 1. The van der Waals surface area contributed by atoms with Gasteiger partial charge in [0, 0.05) is 18.6 Å². The SMILES string of the molecule is NCC(CO)(CCC1CCCCC1)CC1CC1. The highest BCUT2D eigenvalue weighted by atomic mass is 16.3. The molecule has 0 aromatic rings. The zero-order chi connectivity index (χ0) is 12.1. The summed E-state index contributed by atoms with van der Waals surface area (Å²) in [5, 5.41) is 9.70. The second-order valence-corrected chi connectivity index (χ2v) is 6.55. The minimum absolute atomic E-state index is 0.0542. The van der Waals surface area contributed by atoms with E-state index < -0.39 is 0 Å². The highest BCUT2D eigenvalue weighted by molar-refractivity contribution is 4.88. The molecule has 2 nitrogen and oxygen atoms in total. The topological polar surface area (TPSA) is 46.2 Å². The van der Waals surface area contributed by atoms with Crippen molar-refractivity contribution in [1.29, 1.82) is 0 Å². The standard InChI is InChI=1S/C15H29NO/c16-11-15(12-17,10-14-6-7-14)9-8-13-4-2-1-3-5-13/h13-14,17H,1-12,16H2. The minimum Gasteiger partial charge on any atom is -0.396 e. The van der Waals surface area contributed by atoms with Crippen molar-refractivity contribution >= 4 is 0 Å². The highest BCUT2D eigenvalue weighted by Crippen LogP contribution is 2.43. The average molecular weight is 239 g/mol. The van der Waals surface area contributed by atoms with Crippen molar-refractivity contribution in [2.45, 2.75) is 64.2 Å². The fourth-order valence-corrected chi connectivity index (χ4v) is 3.42. The van der Waals surface area contributed by atoms with Crippen molar-refractivity contribution in [3.05, 3.63) is 0 Å². The maximum atomic E-state index is 9.70. The largest absolute Gasteiger partial charge is 0.396 e. The van der Waals surface area contributed by atoms with E-state index in [-0.39, 0.29) is 5.41 Å². The van der Waals surface area contributed by atoms with E-state index in [4.69, 9.17) is 5.73 Å². The van der Waals surface area contributed by atoms with Crippen LogP contribution in [0.3, 0.4) is 0 Å². The summed E-state index contributed by atoms with van der Waals surface area (Å²) in [7, 11) is 0. The van der Waals surface area contributed by atoms with Crippen LogP contribution in [0.1, 0.15) is 64.2 Å². The summed E-state index contributed by atoms with van der Waals surface area (Å²) in [5.74, 6) is 1.79. The molecule has 0 spiro atoms. The molecule has 2 rings (SSSR count). The molecule has 1 unspecified atom stereocenters. The summed E-state index contributed by atoms with van der Waals surface area (Å²) >= 11 is 0. The van der Waals surface area contributed by atoms with Crippen LogP contribution >= 0.6 is 0 Å². The van der Waals surface area contributed by atoms with E-state index in [1.54, 1.807) is 0 Å². The first-order chi connectivity index (χ1) is 8.28. The zero-order valence-electron chi connectivity index (χ0n) is 11.2. The number of rotatable bonds is 7. The Bertz CT molecular complexity index is 215. The van der Waals surface area contributed by atoms with E-state index >= 15 is 0 Å². The molecule has 2 heteroatoms. The molecule has 100 valence electrons. The van der Waals surface area contributed by atoms with Crippen LogP contribution in [0.15, 0.2) is 0 Å². The van der Waals surface area contributed by atoms with Gasteiger partial charge in [0.2, 0.25) is 0 Å². The number of hydrogen-bond donors (Lipinski definition) is 2. The van der Waals surface area contributed by atoms with Gasteiger partial charge in [0.1, 0.15) is 0 Å². The Morgan fingerprint density at radius 3 is 2.24 bits per heavy atom. The smallest absolute Gasteiger partial charge is 0.0499 e. The van der Waals surface area contributed by atoms with Crippen molar-refractivity contribution in [2.75, 3.05) is 13.2 Å². The van der Waals surface area contributed by atoms with Gasteiger partial charge in [-0.05, 0) is 31.1 Å². The van der Waals surface area contributed by atoms with Crippen LogP contribution < -0.4 is 5.73 Å². The first-order valence-corrected chi connectivity index (χ1v) is 7.59. The summed E-state index contributed by atoms with van der Waals surface area (Å²) in [4.78, 5) is 0. The Balaban J connectivity index is 1.78. The van der Waals surface area contributed by atoms with Crippen LogP contribution in [0, 0.1) is 17.3 Å². The van der Waals surface area contributed by atoms with E-state index in [2.05, 4.69) is 0 Å². The molecule has 2 saturated carbocycles. The maximum Gasteiger partial charge on any atom is 0.0499 e. The van der Waals surface area contributed by atoms with E-state index in [0.717, 1.165) is 18.3 Å². The van der Waals surface area contributed by atoms with Gasteiger partial charge in [-0.3, -0.25) is 0 Å². The predicted octanol–water partition coefficient (Wildman–Crippen LogP) is 3.08. The summed E-state index contributed by atoms with van der Waals surface area (Å²) in [6.45, 7) is 0.972. The van der Waals surface area contributed by atoms with Crippen LogP contribution in [0.25, 0.3) is 0 Å². The van der Waals surface area contributed by atoms with Gasteiger partial charge in [-0.2, -0.15) is 0 Å². The van der Waals surface area contributed by atoms with Crippen molar-refractivity contribution in [3.8, 4) is 0 Å². The van der Waals surface area contributed by atoms with E-state index in [1.807, 2.05) is 0 Å². The summed E-state index contributed by atoms with van der Waals surface area (Å²) in [6.07, 6.45) is 13.4. The molecule has 2 fully saturated rings. The number of aliphatic hydroxyl groups is 1. The molecular weight excluding hydrogens is 210 g/mol. The van der Waals surface area contributed by atoms with Crippen molar-refractivity contribution in [1.82, 2.24) is 0 Å². The van der Waals surface area contributed by atoms with Crippen molar-refractivity contribution in [2.24, 2.45) is 23.0 Å². The van der Waals surface area contributed by atoms with E-state index in [9.17, 15) is 5.11 Å². The maximum absolute atomic E-state index is 9.70. The number of hydrogen-bond acceptors (Lipinski definition) is 2. The minimum atomic E-state index is 0.0542. The molecule has 17 heavy (non-hydrogen) atoms. The molecule has 0 amide bonds. The van der Waals surface area contributed by atoms with Gasteiger partial charge >= 0.3 is 0 Å². The molecule has 0 heterocycles. The first kappa shape index (κ1) is 13.4. The molecule has 0 saturated heterocycles. The lowest BCUT2D eigenvalue weighted by Crippen LogP contribution is -2.35. The fourth-order valence-electron chi connectivity index (χ4n) is 3.42. The predicted molar refractivity (Wildman–Crippen MR) is 71.7 cm³/mol. The molecule has 0 aromatic carbocycles. The van der Waals surface area contributed by atoms with Crippen molar-refractivity contribution < 1.29 is 5.11 Å². The summed E-state index contributed by atoms with van der Waals surface area (Å²) in [5.41, 5.74) is 6.00. The third-order valence-corrected chi connectivity index (χ3v) is 4.99. The van der Waals surface area contributed by atoms with Gasteiger partial charge in [-0.15, -0.1) is 0 Å². The molecular formula is C15H29NO. The van der Waals surface area contributed by atoms with Crippen LogP contribution in [0.2, 0.25) is 0 Å². The van der Waals surface area contributed by atoms with Crippen LogP contribution in [-0.4, -0.2) is 18.3 Å². The fraction of sp³-hybridized carbons (Fsp3) is 1.00. The van der Waals surface area contributed by atoms with Gasteiger partial charge in [0.25, 0.3) is 0 Å². The molecule has 1 atom stereocenters. The van der Waals surface area contributed by atoms with E-state index in [1.165, 1.54) is 57.8 Å². The Hall–Kier alpha value is -0.0800. The Labute approximate surface area is 106 Å². The van der Waals surface area contributed by atoms with Crippen LogP contribution in [0.4, 0.5) is 0 Å². The Kier molecular flexibility index (Phi) is 4.87. The zero-order valence-corrected chi connectivity index (χ0v) is 11.2. The third-order valence-electron chi connectivity index (χ3n) is 4.99. The molecule has 0 bridgehead atoms. The number of aliphatic hydroxyl groups excluding tert-OH is 1. The highest BCUT2D eigenvalue weighted by Gasteiger charge is 2.35. The van der Waals surface area contributed by atoms with Gasteiger partial charge in [-0.25, -0.2) is 0 Å². The third kappa shape index (κ3) is 3.96. The molecule has 2 aliphatic rings. The second kappa shape index (κ2) is 6.19. The van der Waals surface area contributed by atoms with Gasteiger partial charge in [-0.1, -0.05) is 44.9 Å². The van der Waals surface area contributed by atoms with Gasteiger partial charge in [0.05, 0.1) is 0 Å². The monoisotopic (exact) mass is 239 g/mol.